The highest BCUT2D eigenvalue weighted by atomic mass is 16.1. The van der Waals surface area contributed by atoms with Crippen LogP contribution in [0.25, 0.3) is 0 Å². The normalized spacial score (nSPS) is 47.0. The van der Waals surface area contributed by atoms with Gasteiger partial charge in [-0.05, 0) is 37.0 Å². The molecule has 2 aliphatic rings. The van der Waals surface area contributed by atoms with Gasteiger partial charge in [-0.2, -0.15) is 0 Å². The molecule has 0 spiro atoms. The first-order valence-electron chi connectivity index (χ1n) is 5.55. The van der Waals surface area contributed by atoms with Crippen LogP contribution in [0, 0.1) is 17.3 Å². The predicted molar refractivity (Wildman–Crippen MR) is 48.9 cm³/mol. The van der Waals surface area contributed by atoms with Gasteiger partial charge in [-0.3, -0.25) is 4.79 Å². The second-order valence-corrected chi connectivity index (χ2v) is 5.00. The van der Waals surface area contributed by atoms with E-state index in [1.54, 1.807) is 0 Å². The molecular weight excluding hydrogens is 148 g/mol. The molecule has 0 N–H and O–H groups in total. The molecule has 0 aromatic rings. The third kappa shape index (κ3) is 1.30. The summed E-state index contributed by atoms with van der Waals surface area (Å²) < 4.78 is 8.07. The number of fused-ring (bicyclic) bond motifs is 1. The smallest absolute Gasteiger partial charge is 0.136 e. The molecule has 68 valence electrons. The van der Waals surface area contributed by atoms with Gasteiger partial charge in [0.25, 0.3) is 0 Å². The number of ketones is 1. The number of carbonyl (C=O) groups is 1. The molecule has 1 nitrogen and oxygen atoms in total. The van der Waals surface area contributed by atoms with Crippen molar-refractivity contribution in [3.63, 3.8) is 0 Å². The van der Waals surface area contributed by atoms with Crippen LogP contribution >= 0.6 is 0 Å². The Bertz CT molecular complexity index is 234. The van der Waals surface area contributed by atoms with Crippen LogP contribution in [0.15, 0.2) is 0 Å². The van der Waals surface area contributed by atoms with Crippen molar-refractivity contribution >= 4 is 5.78 Å². The maximum atomic E-state index is 11.7. The van der Waals surface area contributed by atoms with E-state index >= 15 is 0 Å². The molecule has 0 bridgehead atoms. The van der Waals surface area contributed by atoms with Crippen LogP contribution in [0.3, 0.4) is 0 Å². The predicted octanol–water partition coefficient (Wildman–Crippen LogP) is 2.79. The molecule has 0 saturated heterocycles. The highest BCUT2D eigenvalue weighted by Crippen LogP contribution is 2.49. The van der Waals surface area contributed by atoms with Crippen LogP contribution in [0.1, 0.15) is 47.3 Å². The highest BCUT2D eigenvalue weighted by Gasteiger charge is 2.43. The lowest BCUT2D eigenvalue weighted by Gasteiger charge is -2.22. The lowest BCUT2D eigenvalue weighted by Crippen LogP contribution is -2.23. The fraction of sp³-hybridized carbons (Fsp3) is 0.909. The Morgan fingerprint density at radius 2 is 2.33 bits per heavy atom. The zero-order valence-electron chi connectivity index (χ0n) is 8.97. The molecule has 0 aromatic carbocycles. The SMILES string of the molecule is [2H][C@@H]1[C@H]2C(=O)CCC[C@@H]2CC1(C)C. The Morgan fingerprint density at radius 1 is 1.58 bits per heavy atom. The molecule has 0 unspecified atom stereocenters. The van der Waals surface area contributed by atoms with E-state index in [1.807, 2.05) is 0 Å². The summed E-state index contributed by atoms with van der Waals surface area (Å²) in [6.07, 6.45) is 3.90. The highest BCUT2D eigenvalue weighted by molar-refractivity contribution is 5.82. The summed E-state index contributed by atoms with van der Waals surface area (Å²) in [5.41, 5.74) is 0.0648. The number of Topliss-reactive ketones (excluding diaryl/α,β-unsaturated/α-hetero) is 1. The average molecular weight is 167 g/mol. The molecule has 2 rings (SSSR count). The van der Waals surface area contributed by atoms with Crippen molar-refractivity contribution in [3.8, 4) is 0 Å². The number of carbonyl (C=O) groups excluding carboxylic acids is 1. The Labute approximate surface area is 75.9 Å². The minimum atomic E-state index is -0.148. The zero-order chi connectivity index (χ0) is 9.64. The van der Waals surface area contributed by atoms with Crippen molar-refractivity contribution in [1.82, 2.24) is 0 Å². The van der Waals surface area contributed by atoms with Crippen LogP contribution in [-0.2, 0) is 4.79 Å². The molecule has 12 heavy (non-hydrogen) atoms. The third-order valence-corrected chi connectivity index (χ3v) is 3.30. The van der Waals surface area contributed by atoms with Crippen LogP contribution < -0.4 is 0 Å². The molecule has 0 heterocycles. The fourth-order valence-electron chi connectivity index (χ4n) is 2.84. The van der Waals surface area contributed by atoms with Gasteiger partial charge in [-0.25, -0.2) is 0 Å². The molecule has 1 heteroatoms. The van der Waals surface area contributed by atoms with E-state index in [4.69, 9.17) is 1.37 Å². The molecule has 2 fully saturated rings. The Morgan fingerprint density at radius 3 is 3.00 bits per heavy atom. The van der Waals surface area contributed by atoms with Gasteiger partial charge in [0.2, 0.25) is 0 Å². The molecule has 2 saturated carbocycles. The quantitative estimate of drug-likeness (QED) is 0.542. The summed E-state index contributed by atoms with van der Waals surface area (Å²) in [7, 11) is 0. The van der Waals surface area contributed by atoms with E-state index in [0.717, 1.165) is 19.3 Å². The lowest BCUT2D eigenvalue weighted by atomic mass is 9.81. The Balaban J connectivity index is 2.24. The zero-order valence-corrected chi connectivity index (χ0v) is 7.97. The van der Waals surface area contributed by atoms with E-state index in [-0.39, 0.29) is 17.7 Å². The summed E-state index contributed by atoms with van der Waals surface area (Å²) in [5, 5.41) is 0. The molecular formula is C11H18O. The van der Waals surface area contributed by atoms with Gasteiger partial charge in [0.1, 0.15) is 5.78 Å². The number of hydrogen-bond donors (Lipinski definition) is 0. The summed E-state index contributed by atoms with van der Waals surface area (Å²) >= 11 is 0. The molecule has 0 aromatic heterocycles. The molecule has 0 aliphatic heterocycles. The van der Waals surface area contributed by atoms with Gasteiger partial charge in [0, 0.05) is 13.7 Å². The third-order valence-electron chi connectivity index (χ3n) is 3.30. The Hall–Kier alpha value is -0.330. The van der Waals surface area contributed by atoms with Crippen LogP contribution in [0.4, 0.5) is 0 Å². The summed E-state index contributed by atoms with van der Waals surface area (Å²) in [4.78, 5) is 11.7. The molecule has 3 atom stereocenters. The summed E-state index contributed by atoms with van der Waals surface area (Å²) in [5.74, 6) is 0.962. The van der Waals surface area contributed by atoms with Gasteiger partial charge in [0.05, 0.1) is 0 Å². The first-order valence-corrected chi connectivity index (χ1v) is 4.97. The van der Waals surface area contributed by atoms with Gasteiger partial charge in [0.15, 0.2) is 0 Å². The van der Waals surface area contributed by atoms with Gasteiger partial charge in [-0.1, -0.05) is 13.8 Å². The van der Waals surface area contributed by atoms with Crippen molar-refractivity contribution < 1.29 is 6.17 Å². The molecule has 2 aliphatic carbocycles. The van der Waals surface area contributed by atoms with Crippen LogP contribution in [0.2, 0.25) is 0 Å². The fourth-order valence-corrected chi connectivity index (χ4v) is 2.84. The maximum Gasteiger partial charge on any atom is 0.136 e. The van der Waals surface area contributed by atoms with Gasteiger partial charge < -0.3 is 0 Å². The van der Waals surface area contributed by atoms with E-state index < -0.39 is 0 Å². The van der Waals surface area contributed by atoms with Gasteiger partial charge in [-0.15, -0.1) is 0 Å². The van der Waals surface area contributed by atoms with Gasteiger partial charge >= 0.3 is 0 Å². The minimum Gasteiger partial charge on any atom is -0.299 e. The number of rotatable bonds is 0. The average Bonchev–Trinajstić information content (AvgIpc) is 2.24. The monoisotopic (exact) mass is 167 g/mol. The molecule has 0 amide bonds. The van der Waals surface area contributed by atoms with E-state index in [2.05, 4.69) is 13.8 Å². The van der Waals surface area contributed by atoms with E-state index in [9.17, 15) is 4.79 Å². The topological polar surface area (TPSA) is 17.1 Å². The van der Waals surface area contributed by atoms with Crippen molar-refractivity contribution in [2.75, 3.05) is 0 Å². The summed E-state index contributed by atoms with van der Waals surface area (Å²) in [6, 6.07) is 0. The van der Waals surface area contributed by atoms with Crippen molar-refractivity contribution in [3.05, 3.63) is 0 Å². The standard InChI is InChI=1S/C11H18O/c1-11(2)6-8-4-3-5-10(12)9(8)7-11/h8-9H,3-7H2,1-2H3/t8-,9-/m1/s1/i7D/t7-,8-,9-. The van der Waals surface area contributed by atoms with Crippen molar-refractivity contribution in [1.29, 1.82) is 0 Å². The maximum absolute atomic E-state index is 11.7. The lowest BCUT2D eigenvalue weighted by molar-refractivity contribution is -0.125. The second kappa shape index (κ2) is 2.58. The molecule has 0 radical (unpaired) electrons. The first-order chi connectivity index (χ1) is 6.02. The Kier molecular flexibility index (Phi) is 1.53. The second-order valence-electron chi connectivity index (χ2n) is 5.00. The minimum absolute atomic E-state index is 0.0648. The van der Waals surface area contributed by atoms with Crippen molar-refractivity contribution in [2.45, 2.75) is 45.9 Å². The van der Waals surface area contributed by atoms with E-state index in [0.29, 0.717) is 11.7 Å². The van der Waals surface area contributed by atoms with E-state index in [1.165, 1.54) is 6.42 Å². The van der Waals surface area contributed by atoms with Crippen LogP contribution in [-0.4, -0.2) is 5.78 Å². The number of hydrogen-bond acceptors (Lipinski definition) is 1. The summed E-state index contributed by atoms with van der Waals surface area (Å²) in [6.45, 7) is 4.27. The van der Waals surface area contributed by atoms with Crippen LogP contribution in [0.5, 0.6) is 0 Å². The largest absolute Gasteiger partial charge is 0.299 e. The first kappa shape index (κ1) is 7.11. The van der Waals surface area contributed by atoms with Crippen molar-refractivity contribution in [2.24, 2.45) is 17.3 Å².